The summed E-state index contributed by atoms with van der Waals surface area (Å²) in [5, 5.41) is 28.4. The molecule has 4 rings (SSSR count). The number of carbonyl (C=O) groups excluding carboxylic acids is 7. The normalized spacial score (nSPS) is 13.9. The van der Waals surface area contributed by atoms with Crippen LogP contribution in [0.1, 0.15) is 68.6 Å². The number of primary amides is 1. The maximum atomic E-state index is 14.4. The highest BCUT2D eigenvalue weighted by Crippen LogP contribution is 2.23. The smallest absolute Gasteiger partial charge is 0.305 e. The zero-order valence-corrected chi connectivity index (χ0v) is 39.2. The number of carboxylic acids is 1. The van der Waals surface area contributed by atoms with Crippen LogP contribution in [0.15, 0.2) is 85.1 Å². The molecular formula is C49H61N5O10S2. The molecule has 354 valence electrons. The van der Waals surface area contributed by atoms with Crippen molar-refractivity contribution in [1.82, 2.24) is 20.9 Å². The maximum Gasteiger partial charge on any atom is 0.305 e. The third kappa shape index (κ3) is 17.1. The number of hydrogen-bond acceptors (Lipinski definition) is 11. The Balaban J connectivity index is 1.49. The quantitative estimate of drug-likeness (QED) is 0.0367. The van der Waals surface area contributed by atoms with Gasteiger partial charge < -0.3 is 36.9 Å². The number of hydrogen-bond donors (Lipinski definition) is 7. The number of benzene rings is 3. The number of phenolic OH excluding ortho intramolecular Hbond substituents is 1. The van der Waals surface area contributed by atoms with E-state index in [1.807, 2.05) is 36.8 Å². The Kier molecular flexibility index (Phi) is 21.5. The van der Waals surface area contributed by atoms with Crippen LogP contribution in [0, 0.1) is 17.8 Å². The second-order valence-electron chi connectivity index (χ2n) is 16.5. The molecule has 3 aromatic carbocycles. The highest BCUT2D eigenvalue weighted by Gasteiger charge is 2.33. The van der Waals surface area contributed by atoms with E-state index < -0.39 is 84.0 Å². The second-order valence-corrected chi connectivity index (χ2v) is 18.5. The molecule has 1 heterocycles. The first-order valence-corrected chi connectivity index (χ1v) is 24.7. The van der Waals surface area contributed by atoms with Gasteiger partial charge in [0, 0.05) is 67.0 Å². The van der Waals surface area contributed by atoms with E-state index in [9.17, 15) is 48.6 Å². The van der Waals surface area contributed by atoms with Crippen molar-refractivity contribution in [2.24, 2.45) is 23.5 Å². The van der Waals surface area contributed by atoms with Crippen molar-refractivity contribution >= 4 is 81.4 Å². The molecule has 1 aromatic heterocycles. The van der Waals surface area contributed by atoms with E-state index in [4.69, 9.17) is 5.73 Å². The molecule has 0 radical (unpaired) electrons. The molecule has 8 N–H and O–H groups in total. The van der Waals surface area contributed by atoms with Gasteiger partial charge in [-0.25, -0.2) is 0 Å². The summed E-state index contributed by atoms with van der Waals surface area (Å²) in [7, 11) is 0. The first-order chi connectivity index (χ1) is 31.6. The van der Waals surface area contributed by atoms with Crippen molar-refractivity contribution < 1.29 is 48.6 Å². The number of nitrogens with two attached hydrogens (primary N) is 1. The fourth-order valence-corrected chi connectivity index (χ4v) is 8.61. The number of ketones is 3. The van der Waals surface area contributed by atoms with Crippen molar-refractivity contribution in [2.45, 2.75) is 89.3 Å². The average Bonchev–Trinajstić information content (AvgIpc) is 3.70. The monoisotopic (exact) mass is 943 g/mol. The fraction of sp³-hybridized carbons (Fsp3) is 0.429. The van der Waals surface area contributed by atoms with Gasteiger partial charge in [-0.05, 0) is 84.6 Å². The number of H-pyrrole nitrogens is 1. The van der Waals surface area contributed by atoms with Crippen LogP contribution in [-0.2, 0) is 57.6 Å². The first kappa shape index (κ1) is 52.7. The fourth-order valence-electron chi connectivity index (χ4n) is 7.62. The van der Waals surface area contributed by atoms with Crippen molar-refractivity contribution in [3.05, 3.63) is 102 Å². The molecule has 0 saturated carbocycles. The van der Waals surface area contributed by atoms with Crippen LogP contribution in [0.25, 0.3) is 10.9 Å². The van der Waals surface area contributed by atoms with E-state index in [-0.39, 0.29) is 56.0 Å². The number of fused-ring (bicyclic) bond motifs is 1. The Morgan fingerprint density at radius 2 is 1.24 bits per heavy atom. The number of carboxylic acid groups (broad SMARTS) is 1. The molecule has 0 unspecified atom stereocenters. The molecule has 0 aliphatic rings. The number of aliphatic carboxylic acids is 1. The summed E-state index contributed by atoms with van der Waals surface area (Å²) < 4.78 is 0. The van der Waals surface area contributed by atoms with E-state index in [1.165, 1.54) is 35.7 Å². The molecule has 17 heteroatoms. The highest BCUT2D eigenvalue weighted by molar-refractivity contribution is 7.98. The summed E-state index contributed by atoms with van der Waals surface area (Å²) in [4.78, 5) is 110. The van der Waals surface area contributed by atoms with Gasteiger partial charge in [-0.1, -0.05) is 67.6 Å². The number of phenols is 1. The maximum absolute atomic E-state index is 14.4. The minimum atomic E-state index is -1.51. The Hall–Kier alpha value is -5.94. The van der Waals surface area contributed by atoms with Crippen LogP contribution in [0.5, 0.6) is 5.75 Å². The van der Waals surface area contributed by atoms with Crippen LogP contribution < -0.4 is 21.7 Å². The van der Waals surface area contributed by atoms with Gasteiger partial charge in [0.2, 0.25) is 23.6 Å². The van der Waals surface area contributed by atoms with E-state index in [0.717, 1.165) is 27.6 Å². The third-order valence-electron chi connectivity index (χ3n) is 11.4. The predicted molar refractivity (Wildman–Crippen MR) is 257 cm³/mol. The lowest BCUT2D eigenvalue weighted by atomic mass is 9.89. The number of Topliss-reactive ketones (excluding diaryl/α,β-unsaturated/α-hetero) is 3. The molecule has 66 heavy (non-hydrogen) atoms. The van der Waals surface area contributed by atoms with Gasteiger partial charge in [0.1, 0.15) is 5.75 Å². The van der Waals surface area contributed by atoms with Crippen LogP contribution in [0.4, 0.5) is 0 Å². The van der Waals surface area contributed by atoms with Gasteiger partial charge in [0.25, 0.3) is 0 Å². The molecule has 0 aliphatic carbocycles. The van der Waals surface area contributed by atoms with Crippen molar-refractivity contribution in [1.29, 1.82) is 0 Å². The zero-order chi connectivity index (χ0) is 48.2. The number of rotatable bonds is 30. The van der Waals surface area contributed by atoms with Gasteiger partial charge in [0.15, 0.2) is 17.3 Å². The van der Waals surface area contributed by atoms with Gasteiger partial charge in [-0.2, -0.15) is 23.5 Å². The Morgan fingerprint density at radius 3 is 1.91 bits per heavy atom. The van der Waals surface area contributed by atoms with Gasteiger partial charge >= 0.3 is 5.97 Å². The molecule has 0 saturated heterocycles. The predicted octanol–water partition coefficient (Wildman–Crippen LogP) is 4.96. The van der Waals surface area contributed by atoms with Crippen molar-refractivity contribution in [3.8, 4) is 5.75 Å². The molecular weight excluding hydrogens is 883 g/mol. The standard InChI is InChI=1S/C49H61N5O10S2/c1-30(23-32-13-15-36(55)16-14-32)48(63)53-39(20-22-66-3)42(56)17-18-45(59)52-40(25-35-29-51-38-12-8-7-11-37(35)38)43(57)26-33(19-21-65-2)49(64)54-41(28-46(60)61)44(58)27-34(47(50)62)24-31-9-5-4-6-10-31/h4-16,29-30,33-34,39-41,51,55H,17-28H2,1-3H3,(H2,50,62)(H,52,59)(H,53,63)(H,54,64)(H,60,61)/t30-,33+,34+,39-,40-,41-/m0/s1. The molecule has 0 fully saturated rings. The van der Waals surface area contributed by atoms with Gasteiger partial charge in [-0.3, -0.25) is 38.4 Å². The number of aromatic amines is 1. The summed E-state index contributed by atoms with van der Waals surface area (Å²) in [5.74, 6) is -6.62. The van der Waals surface area contributed by atoms with E-state index in [2.05, 4.69) is 20.9 Å². The lowest BCUT2D eigenvalue weighted by Gasteiger charge is -2.24. The zero-order valence-electron chi connectivity index (χ0n) is 37.6. The number of amides is 4. The van der Waals surface area contributed by atoms with Gasteiger partial charge in [-0.15, -0.1) is 0 Å². The molecule has 0 spiro atoms. The van der Waals surface area contributed by atoms with Crippen LogP contribution in [0.2, 0.25) is 0 Å². The van der Waals surface area contributed by atoms with Crippen LogP contribution >= 0.6 is 23.5 Å². The topological polar surface area (TPSA) is 255 Å². The Bertz CT molecular complexity index is 2290. The number of nitrogens with one attached hydrogen (secondary N) is 4. The molecule has 4 amide bonds. The summed E-state index contributed by atoms with van der Waals surface area (Å²) in [5.41, 5.74) is 8.76. The SMILES string of the molecule is CSCC[C@H](CC(=O)[C@H](Cc1c[nH]c2ccccc12)NC(=O)CCC(=O)[C@H](CCSC)NC(=O)[C@@H](C)Cc1ccc(O)cc1)C(=O)N[C@@H](CC(=O)O)C(=O)C[C@@H](Cc1ccccc1)C(N)=O. The van der Waals surface area contributed by atoms with E-state index in [1.54, 1.807) is 55.6 Å². The summed E-state index contributed by atoms with van der Waals surface area (Å²) >= 11 is 2.93. The van der Waals surface area contributed by atoms with Crippen molar-refractivity contribution in [3.63, 3.8) is 0 Å². The summed E-state index contributed by atoms with van der Waals surface area (Å²) in [6, 6.07) is 19.3. The number of aromatic hydroxyl groups is 1. The average molecular weight is 944 g/mol. The molecule has 15 nitrogen and oxygen atoms in total. The van der Waals surface area contributed by atoms with Crippen LogP contribution in [-0.4, -0.2) is 104 Å². The Labute approximate surface area is 393 Å². The van der Waals surface area contributed by atoms with E-state index >= 15 is 0 Å². The lowest BCUT2D eigenvalue weighted by molar-refractivity contribution is -0.141. The van der Waals surface area contributed by atoms with E-state index in [0.29, 0.717) is 24.3 Å². The largest absolute Gasteiger partial charge is 0.508 e. The molecule has 0 aliphatic heterocycles. The molecule has 4 aromatic rings. The second kappa shape index (κ2) is 26.9. The minimum Gasteiger partial charge on any atom is -0.508 e. The summed E-state index contributed by atoms with van der Waals surface area (Å²) in [6.07, 6.45) is 4.49. The number of carbonyl (C=O) groups is 8. The highest BCUT2D eigenvalue weighted by atomic mass is 32.2. The molecule has 6 atom stereocenters. The minimum absolute atomic E-state index is 0.0424. The number of para-hydroxylation sites is 1. The molecule has 0 bridgehead atoms. The van der Waals surface area contributed by atoms with Crippen LogP contribution in [0.3, 0.4) is 0 Å². The number of thioether (sulfide) groups is 2. The first-order valence-electron chi connectivity index (χ1n) is 21.9. The lowest BCUT2D eigenvalue weighted by Crippen LogP contribution is -2.48. The number of aromatic nitrogens is 1. The summed E-state index contributed by atoms with van der Waals surface area (Å²) in [6.45, 7) is 1.74. The van der Waals surface area contributed by atoms with Gasteiger partial charge in [0.05, 0.1) is 24.5 Å². The van der Waals surface area contributed by atoms with Crippen molar-refractivity contribution in [2.75, 3.05) is 24.0 Å². The Morgan fingerprint density at radius 1 is 0.636 bits per heavy atom. The third-order valence-corrected chi connectivity index (χ3v) is 12.7.